The number of aryl methyl sites for hydroxylation is 1. The van der Waals surface area contributed by atoms with Gasteiger partial charge >= 0.3 is 11.9 Å². The molecule has 0 bridgehead atoms. The molecule has 1 N–H and O–H groups in total. The third-order valence-corrected chi connectivity index (χ3v) is 4.54. The predicted octanol–water partition coefficient (Wildman–Crippen LogP) is 3.09. The second kappa shape index (κ2) is 8.81. The van der Waals surface area contributed by atoms with Gasteiger partial charge in [-0.05, 0) is 26.3 Å². The number of benzene rings is 1. The maximum Gasteiger partial charge on any atom is 0.343 e. The van der Waals surface area contributed by atoms with E-state index >= 15 is 0 Å². The summed E-state index contributed by atoms with van der Waals surface area (Å²) in [5.74, 6) is -1.50. The highest BCUT2D eigenvalue weighted by molar-refractivity contribution is 7.81. The highest BCUT2D eigenvalue weighted by Gasteiger charge is 2.30. The van der Waals surface area contributed by atoms with Crippen LogP contribution in [0.4, 0.5) is 0 Å². The van der Waals surface area contributed by atoms with Gasteiger partial charge in [-0.25, -0.2) is 4.79 Å². The molecule has 144 valence electrons. The monoisotopic (exact) mass is 389 g/mol. The van der Waals surface area contributed by atoms with E-state index < -0.39 is 11.9 Å². The second-order valence-corrected chi connectivity index (χ2v) is 6.38. The first-order valence-corrected chi connectivity index (χ1v) is 9.07. The summed E-state index contributed by atoms with van der Waals surface area (Å²) < 4.78 is 11.6. The van der Waals surface area contributed by atoms with E-state index in [9.17, 15) is 14.7 Å². The number of aromatic nitrogens is 1. The fourth-order valence-corrected chi connectivity index (χ4v) is 3.16. The lowest BCUT2D eigenvalue weighted by molar-refractivity contribution is -0.142. The first-order chi connectivity index (χ1) is 12.8. The van der Waals surface area contributed by atoms with Gasteiger partial charge in [-0.3, -0.25) is 4.79 Å². The summed E-state index contributed by atoms with van der Waals surface area (Å²) in [4.78, 5) is 24.8. The van der Waals surface area contributed by atoms with E-state index in [1.807, 2.05) is 31.2 Å². The van der Waals surface area contributed by atoms with Crippen LogP contribution < -0.4 is 0 Å². The summed E-state index contributed by atoms with van der Waals surface area (Å²) in [5.41, 5.74) is 2.33. The number of rotatable bonds is 7. The van der Waals surface area contributed by atoms with Gasteiger partial charge < -0.3 is 19.1 Å². The van der Waals surface area contributed by atoms with E-state index in [0.717, 1.165) is 11.1 Å². The minimum Gasteiger partial charge on any atom is -0.505 e. The van der Waals surface area contributed by atoms with E-state index in [0.29, 0.717) is 10.6 Å². The topological polar surface area (TPSA) is 77.8 Å². The number of esters is 2. The number of hydrogen-bond acceptors (Lipinski definition) is 6. The van der Waals surface area contributed by atoms with Gasteiger partial charge in [0.15, 0.2) is 5.75 Å². The van der Waals surface area contributed by atoms with E-state index in [1.54, 1.807) is 25.5 Å². The van der Waals surface area contributed by atoms with Crippen molar-refractivity contribution in [3.8, 4) is 5.75 Å². The van der Waals surface area contributed by atoms with E-state index in [1.165, 1.54) is 0 Å². The second-order valence-electron chi connectivity index (χ2n) is 5.98. The summed E-state index contributed by atoms with van der Waals surface area (Å²) >= 11 is 5.55. The molecule has 2 rings (SSSR count). The molecule has 0 saturated heterocycles. The Morgan fingerprint density at radius 2 is 1.70 bits per heavy atom. The Morgan fingerprint density at radius 1 is 1.11 bits per heavy atom. The summed E-state index contributed by atoms with van der Waals surface area (Å²) in [7, 11) is 1.65. The fraction of sp³-hybridized carbons (Fsp3) is 0.350. The third kappa shape index (κ3) is 4.36. The zero-order valence-corrected chi connectivity index (χ0v) is 16.7. The first-order valence-electron chi connectivity index (χ1n) is 8.66. The molecule has 1 aromatic carbocycles. The summed E-state index contributed by atoms with van der Waals surface area (Å²) in [6.45, 7) is 5.69. The first kappa shape index (κ1) is 20.6. The number of thiocarbonyl (C=S) groups is 1. The minimum absolute atomic E-state index is 0.0585. The number of ether oxygens (including phenoxy) is 2. The average molecular weight is 389 g/mol. The van der Waals surface area contributed by atoms with Crippen LogP contribution in [0.2, 0.25) is 0 Å². The Bertz CT molecular complexity index is 867. The molecule has 0 amide bonds. The van der Waals surface area contributed by atoms with Gasteiger partial charge in [-0.2, -0.15) is 0 Å². The van der Waals surface area contributed by atoms with Crippen molar-refractivity contribution in [3.63, 3.8) is 0 Å². The van der Waals surface area contributed by atoms with Gasteiger partial charge in [-0.1, -0.05) is 42.0 Å². The lowest BCUT2D eigenvalue weighted by Crippen LogP contribution is -2.16. The number of hydrogen-bond donors (Lipinski definition) is 1. The molecule has 27 heavy (non-hydrogen) atoms. The quantitative estimate of drug-likeness (QED) is 0.445. The smallest absolute Gasteiger partial charge is 0.343 e. The van der Waals surface area contributed by atoms with Crippen LogP contribution in [0.5, 0.6) is 5.75 Å². The lowest BCUT2D eigenvalue weighted by atomic mass is 10.1. The fourth-order valence-electron chi connectivity index (χ4n) is 2.79. The highest BCUT2D eigenvalue weighted by Crippen LogP contribution is 2.32. The molecule has 0 atom stereocenters. The molecular formula is C20H23NO5S. The van der Waals surface area contributed by atoms with Crippen molar-refractivity contribution in [1.29, 1.82) is 0 Å². The summed E-state index contributed by atoms with van der Waals surface area (Å²) in [6.07, 6.45) is -0.178. The minimum atomic E-state index is -0.706. The van der Waals surface area contributed by atoms with Crippen molar-refractivity contribution >= 4 is 29.0 Å². The van der Waals surface area contributed by atoms with Crippen LogP contribution in [0, 0.1) is 6.92 Å². The molecule has 0 fully saturated rings. The van der Waals surface area contributed by atoms with E-state index in [2.05, 4.69) is 0 Å². The zero-order chi connectivity index (χ0) is 20.1. The summed E-state index contributed by atoms with van der Waals surface area (Å²) in [5, 5.41) is 10.8. The number of aromatic hydroxyl groups is 1. The molecule has 0 saturated carbocycles. The highest BCUT2D eigenvalue weighted by atomic mass is 32.1. The van der Waals surface area contributed by atoms with Gasteiger partial charge in [0.2, 0.25) is 0 Å². The zero-order valence-electron chi connectivity index (χ0n) is 15.9. The van der Waals surface area contributed by atoms with Crippen LogP contribution in [0.15, 0.2) is 24.3 Å². The van der Waals surface area contributed by atoms with Crippen LogP contribution in [0.25, 0.3) is 0 Å². The third-order valence-electron chi connectivity index (χ3n) is 4.12. The maximum absolute atomic E-state index is 12.4. The van der Waals surface area contributed by atoms with Crippen LogP contribution in [0.3, 0.4) is 0 Å². The molecular weight excluding hydrogens is 366 g/mol. The van der Waals surface area contributed by atoms with Crippen molar-refractivity contribution < 1.29 is 24.2 Å². The van der Waals surface area contributed by atoms with Crippen molar-refractivity contribution in [2.45, 2.75) is 27.2 Å². The Morgan fingerprint density at radius 3 is 2.26 bits per heavy atom. The number of carbonyl (C=O) groups excluding carboxylic acids is 2. The number of carbonyl (C=O) groups is 2. The Balaban J connectivity index is 2.57. The predicted molar refractivity (Wildman–Crippen MR) is 105 cm³/mol. The average Bonchev–Trinajstić information content (AvgIpc) is 2.85. The van der Waals surface area contributed by atoms with Crippen LogP contribution >= 0.6 is 12.2 Å². The van der Waals surface area contributed by atoms with Crippen LogP contribution in [-0.2, 0) is 27.7 Å². The number of nitrogens with zero attached hydrogens (tertiary/aromatic N) is 1. The van der Waals surface area contributed by atoms with E-state index in [4.69, 9.17) is 21.7 Å². The normalized spacial score (nSPS) is 10.5. The van der Waals surface area contributed by atoms with Gasteiger partial charge in [0.25, 0.3) is 0 Å². The SMILES string of the molecule is CCOC(=O)Cc1c(C(=O)OCC)c(O)c(C(=S)c2ccc(C)cc2)n1C. The molecule has 6 nitrogen and oxygen atoms in total. The molecule has 0 aliphatic rings. The van der Waals surface area contributed by atoms with Gasteiger partial charge in [-0.15, -0.1) is 0 Å². The standard InChI is InChI=1S/C20H23NO5S/c1-5-25-15(22)11-14-16(20(24)26-6-2)18(23)17(21(14)4)19(27)13-9-7-12(3)8-10-13/h7-10,23H,5-6,11H2,1-4H3. The molecule has 7 heteroatoms. The van der Waals surface area contributed by atoms with Gasteiger partial charge in [0.05, 0.1) is 24.5 Å². The maximum atomic E-state index is 12.4. The molecule has 0 spiro atoms. The Hall–Kier alpha value is -2.67. The molecule has 1 aromatic heterocycles. The molecule has 0 radical (unpaired) electrons. The molecule has 0 aliphatic carbocycles. The van der Waals surface area contributed by atoms with Crippen molar-refractivity contribution in [2.75, 3.05) is 13.2 Å². The van der Waals surface area contributed by atoms with Crippen molar-refractivity contribution in [2.24, 2.45) is 7.05 Å². The van der Waals surface area contributed by atoms with Gasteiger partial charge in [0, 0.05) is 12.7 Å². The van der Waals surface area contributed by atoms with Crippen LogP contribution in [0.1, 0.15) is 46.7 Å². The Kier molecular flexibility index (Phi) is 6.74. The van der Waals surface area contributed by atoms with Crippen molar-refractivity contribution in [1.82, 2.24) is 4.57 Å². The molecule has 0 unspecified atom stereocenters. The van der Waals surface area contributed by atoms with Crippen LogP contribution in [-0.4, -0.2) is 39.7 Å². The summed E-state index contributed by atoms with van der Waals surface area (Å²) in [6, 6.07) is 7.51. The van der Waals surface area contributed by atoms with Crippen molar-refractivity contribution in [3.05, 3.63) is 52.3 Å². The Labute approximate surface area is 163 Å². The largest absolute Gasteiger partial charge is 0.505 e. The molecule has 2 aromatic rings. The molecule has 1 heterocycles. The van der Waals surface area contributed by atoms with Gasteiger partial charge in [0.1, 0.15) is 11.3 Å². The lowest BCUT2D eigenvalue weighted by Gasteiger charge is -2.09. The molecule has 0 aliphatic heterocycles. The van der Waals surface area contributed by atoms with E-state index in [-0.39, 0.29) is 36.6 Å².